The molecule has 1 rings (SSSR count). The van der Waals surface area contributed by atoms with Gasteiger partial charge in [0, 0.05) is 30.9 Å². The highest BCUT2D eigenvalue weighted by Crippen LogP contribution is 2.13. The quantitative estimate of drug-likeness (QED) is 0.673. The number of amides is 1. The van der Waals surface area contributed by atoms with Gasteiger partial charge in [-0.05, 0) is 26.9 Å². The van der Waals surface area contributed by atoms with Crippen LogP contribution < -0.4 is 0 Å². The molecule has 4 heteroatoms. The Morgan fingerprint density at radius 3 is 2.80 bits per heavy atom. The molecule has 1 amide bonds. The SMILES string of the molecule is CC(CCl)C(=O)N1CCCN(C)CC1C. The van der Waals surface area contributed by atoms with Gasteiger partial charge in [0.25, 0.3) is 0 Å². The third-order valence-electron chi connectivity index (χ3n) is 2.98. The molecule has 0 aromatic rings. The van der Waals surface area contributed by atoms with Gasteiger partial charge in [-0.3, -0.25) is 4.79 Å². The van der Waals surface area contributed by atoms with E-state index in [9.17, 15) is 4.79 Å². The highest BCUT2D eigenvalue weighted by atomic mass is 35.5. The fourth-order valence-corrected chi connectivity index (χ4v) is 2.18. The second-order valence-corrected chi connectivity index (χ2v) is 4.86. The number of alkyl halides is 1. The van der Waals surface area contributed by atoms with Gasteiger partial charge in [0.15, 0.2) is 0 Å². The van der Waals surface area contributed by atoms with E-state index in [0.29, 0.717) is 11.9 Å². The Morgan fingerprint density at radius 2 is 2.20 bits per heavy atom. The summed E-state index contributed by atoms with van der Waals surface area (Å²) in [6.07, 6.45) is 1.06. The number of carbonyl (C=O) groups excluding carboxylic acids is 1. The zero-order chi connectivity index (χ0) is 11.4. The first-order chi connectivity index (χ1) is 7.06. The van der Waals surface area contributed by atoms with Gasteiger partial charge in [0.2, 0.25) is 5.91 Å². The third-order valence-corrected chi connectivity index (χ3v) is 3.45. The van der Waals surface area contributed by atoms with Gasteiger partial charge in [-0.1, -0.05) is 6.92 Å². The van der Waals surface area contributed by atoms with Crippen molar-refractivity contribution in [3.8, 4) is 0 Å². The minimum Gasteiger partial charge on any atom is -0.338 e. The molecule has 88 valence electrons. The summed E-state index contributed by atoms with van der Waals surface area (Å²) < 4.78 is 0. The van der Waals surface area contributed by atoms with Crippen LogP contribution in [-0.4, -0.2) is 54.3 Å². The van der Waals surface area contributed by atoms with Crippen LogP contribution in [0, 0.1) is 5.92 Å². The molecule has 0 radical (unpaired) electrons. The molecular formula is C11H21ClN2O. The summed E-state index contributed by atoms with van der Waals surface area (Å²) in [5.74, 6) is 0.558. The second-order valence-electron chi connectivity index (χ2n) is 4.55. The van der Waals surface area contributed by atoms with Crippen LogP contribution in [0.3, 0.4) is 0 Å². The molecule has 0 saturated carbocycles. The van der Waals surface area contributed by atoms with Crippen LogP contribution in [0.15, 0.2) is 0 Å². The van der Waals surface area contributed by atoms with Crippen LogP contribution in [0.25, 0.3) is 0 Å². The summed E-state index contributed by atoms with van der Waals surface area (Å²) in [6, 6.07) is 0.302. The average Bonchev–Trinajstić information content (AvgIpc) is 2.37. The molecule has 1 fully saturated rings. The zero-order valence-electron chi connectivity index (χ0n) is 9.87. The molecule has 0 bridgehead atoms. The number of hydrogen-bond acceptors (Lipinski definition) is 2. The Morgan fingerprint density at radius 1 is 1.53 bits per heavy atom. The van der Waals surface area contributed by atoms with Crippen molar-refractivity contribution < 1.29 is 4.79 Å². The van der Waals surface area contributed by atoms with Gasteiger partial charge >= 0.3 is 0 Å². The van der Waals surface area contributed by atoms with Gasteiger partial charge in [0.1, 0.15) is 0 Å². The van der Waals surface area contributed by atoms with Crippen LogP contribution in [-0.2, 0) is 4.79 Å². The van der Waals surface area contributed by atoms with Crippen molar-refractivity contribution in [1.82, 2.24) is 9.80 Å². The molecule has 0 N–H and O–H groups in total. The number of nitrogens with zero attached hydrogens (tertiary/aromatic N) is 2. The minimum absolute atomic E-state index is 0.0578. The molecular weight excluding hydrogens is 212 g/mol. The molecule has 2 atom stereocenters. The Hall–Kier alpha value is -0.280. The second kappa shape index (κ2) is 5.71. The third kappa shape index (κ3) is 3.35. The topological polar surface area (TPSA) is 23.6 Å². The van der Waals surface area contributed by atoms with Gasteiger partial charge < -0.3 is 9.80 Å². The first kappa shape index (κ1) is 12.8. The molecule has 2 unspecified atom stereocenters. The van der Waals surface area contributed by atoms with E-state index in [0.717, 1.165) is 26.1 Å². The summed E-state index contributed by atoms with van der Waals surface area (Å²) in [5.41, 5.74) is 0. The van der Waals surface area contributed by atoms with Crippen molar-refractivity contribution in [1.29, 1.82) is 0 Å². The van der Waals surface area contributed by atoms with Crippen LogP contribution in [0.4, 0.5) is 0 Å². The maximum atomic E-state index is 12.0. The Kier molecular flexibility index (Phi) is 4.87. The molecule has 15 heavy (non-hydrogen) atoms. The normalized spacial score (nSPS) is 26.1. The van der Waals surface area contributed by atoms with Gasteiger partial charge in [-0.25, -0.2) is 0 Å². The van der Waals surface area contributed by atoms with E-state index in [1.165, 1.54) is 0 Å². The zero-order valence-corrected chi connectivity index (χ0v) is 10.6. The lowest BCUT2D eigenvalue weighted by molar-refractivity contribution is -0.136. The number of halogens is 1. The van der Waals surface area contributed by atoms with Crippen molar-refractivity contribution in [2.24, 2.45) is 5.92 Å². The lowest BCUT2D eigenvalue weighted by Crippen LogP contribution is -2.44. The molecule has 1 saturated heterocycles. The fourth-order valence-electron chi connectivity index (χ4n) is 2.05. The minimum atomic E-state index is -0.0578. The summed E-state index contributed by atoms with van der Waals surface area (Å²) >= 11 is 5.73. The Labute approximate surface area is 97.4 Å². The average molecular weight is 233 g/mol. The Bertz CT molecular complexity index is 223. The number of rotatable bonds is 2. The molecule has 1 aliphatic heterocycles. The Balaban J connectivity index is 2.63. The summed E-state index contributed by atoms with van der Waals surface area (Å²) in [7, 11) is 2.11. The first-order valence-corrected chi connectivity index (χ1v) is 6.14. The van der Waals surface area contributed by atoms with E-state index < -0.39 is 0 Å². The van der Waals surface area contributed by atoms with Crippen molar-refractivity contribution >= 4 is 17.5 Å². The molecule has 0 spiro atoms. The van der Waals surface area contributed by atoms with E-state index in [4.69, 9.17) is 11.6 Å². The molecule has 0 aromatic heterocycles. The van der Waals surface area contributed by atoms with Crippen LogP contribution >= 0.6 is 11.6 Å². The lowest BCUT2D eigenvalue weighted by atomic mass is 10.1. The lowest BCUT2D eigenvalue weighted by Gasteiger charge is -2.30. The van der Waals surface area contributed by atoms with Crippen molar-refractivity contribution in [3.63, 3.8) is 0 Å². The number of hydrogen-bond donors (Lipinski definition) is 0. The van der Waals surface area contributed by atoms with Crippen LogP contribution in [0.5, 0.6) is 0 Å². The molecule has 1 heterocycles. The smallest absolute Gasteiger partial charge is 0.226 e. The maximum Gasteiger partial charge on any atom is 0.226 e. The highest BCUT2D eigenvalue weighted by Gasteiger charge is 2.26. The van der Waals surface area contributed by atoms with Gasteiger partial charge in [-0.15, -0.1) is 11.6 Å². The number of carbonyl (C=O) groups is 1. The number of likely N-dealkylation sites (N-methyl/N-ethyl adjacent to an activating group) is 1. The first-order valence-electron chi connectivity index (χ1n) is 5.61. The monoisotopic (exact) mass is 232 g/mol. The van der Waals surface area contributed by atoms with E-state index in [2.05, 4.69) is 18.9 Å². The predicted octanol–water partition coefficient (Wildman–Crippen LogP) is 1.41. The van der Waals surface area contributed by atoms with Crippen LogP contribution in [0.2, 0.25) is 0 Å². The van der Waals surface area contributed by atoms with E-state index in [1.807, 2.05) is 11.8 Å². The molecule has 1 aliphatic rings. The maximum absolute atomic E-state index is 12.0. The highest BCUT2D eigenvalue weighted by molar-refractivity contribution is 6.19. The predicted molar refractivity (Wildman–Crippen MR) is 63.2 cm³/mol. The standard InChI is InChI=1S/C11H21ClN2O/c1-9(7-12)11(15)14-6-4-5-13(3)8-10(14)2/h9-10H,4-8H2,1-3H3. The summed E-state index contributed by atoms with van der Waals surface area (Å²) in [5, 5.41) is 0. The van der Waals surface area contributed by atoms with E-state index in [-0.39, 0.29) is 11.8 Å². The molecule has 0 aliphatic carbocycles. The van der Waals surface area contributed by atoms with Crippen molar-refractivity contribution in [2.45, 2.75) is 26.3 Å². The van der Waals surface area contributed by atoms with Gasteiger partial charge in [-0.2, -0.15) is 0 Å². The van der Waals surface area contributed by atoms with Crippen molar-refractivity contribution in [3.05, 3.63) is 0 Å². The fraction of sp³-hybridized carbons (Fsp3) is 0.909. The van der Waals surface area contributed by atoms with Gasteiger partial charge in [0.05, 0.1) is 0 Å². The summed E-state index contributed by atoms with van der Waals surface area (Å²) in [4.78, 5) is 16.3. The largest absolute Gasteiger partial charge is 0.338 e. The molecule has 0 aromatic carbocycles. The molecule has 3 nitrogen and oxygen atoms in total. The van der Waals surface area contributed by atoms with Crippen molar-refractivity contribution in [2.75, 3.05) is 32.6 Å². The summed E-state index contributed by atoms with van der Waals surface area (Å²) in [6.45, 7) is 6.91. The van der Waals surface area contributed by atoms with E-state index in [1.54, 1.807) is 0 Å². The van der Waals surface area contributed by atoms with Crippen LogP contribution in [0.1, 0.15) is 20.3 Å². The van der Waals surface area contributed by atoms with E-state index >= 15 is 0 Å².